The van der Waals surface area contributed by atoms with E-state index >= 15 is 0 Å². The third-order valence-corrected chi connectivity index (χ3v) is 5.78. The minimum atomic E-state index is -0.0931. The van der Waals surface area contributed by atoms with Crippen LogP contribution in [0.3, 0.4) is 0 Å². The molecule has 0 saturated carbocycles. The van der Waals surface area contributed by atoms with E-state index < -0.39 is 0 Å². The normalized spacial score (nSPS) is 13.6. The number of benzene rings is 2. The number of aryl methyl sites for hydroxylation is 1. The van der Waals surface area contributed by atoms with Crippen LogP contribution in [0.5, 0.6) is 17.4 Å². The molecule has 2 aromatic heterocycles. The van der Waals surface area contributed by atoms with E-state index in [0.29, 0.717) is 41.9 Å². The Labute approximate surface area is 191 Å². The molecule has 0 atom stereocenters. The Morgan fingerprint density at radius 2 is 1.82 bits per heavy atom. The first kappa shape index (κ1) is 20.8. The van der Waals surface area contributed by atoms with Gasteiger partial charge in [-0.15, -0.1) is 0 Å². The van der Waals surface area contributed by atoms with Crippen LogP contribution >= 0.6 is 0 Å². The second-order valence-corrected chi connectivity index (χ2v) is 7.90. The van der Waals surface area contributed by atoms with Gasteiger partial charge in [-0.05, 0) is 36.4 Å². The molecule has 0 radical (unpaired) electrons. The van der Waals surface area contributed by atoms with Gasteiger partial charge in [0.25, 0.3) is 5.91 Å². The fraction of sp³-hybridized carbons (Fsp3) is 0.240. The molecule has 4 aromatic rings. The van der Waals surface area contributed by atoms with E-state index in [2.05, 4.69) is 10.1 Å². The molecule has 1 amide bonds. The summed E-state index contributed by atoms with van der Waals surface area (Å²) in [5, 5.41) is 5.60. The molecule has 0 aliphatic carbocycles. The number of fused-ring (bicyclic) bond motifs is 1. The van der Waals surface area contributed by atoms with Crippen LogP contribution in [-0.4, -0.2) is 59.0 Å². The van der Waals surface area contributed by atoms with Crippen LogP contribution in [0.4, 0.5) is 0 Å². The zero-order chi connectivity index (χ0) is 22.9. The number of likely N-dealkylation sites (tertiary alicyclic amines) is 1. The number of carbonyl (C=O) groups excluding carboxylic acids is 1. The molecule has 1 saturated heterocycles. The van der Waals surface area contributed by atoms with Crippen LogP contribution in [0.25, 0.3) is 22.2 Å². The molecule has 8 heteroatoms. The topological polar surface area (TPSA) is 78.7 Å². The Bertz CT molecular complexity index is 1330. The van der Waals surface area contributed by atoms with Crippen LogP contribution in [0.2, 0.25) is 0 Å². The van der Waals surface area contributed by atoms with Crippen molar-refractivity contribution >= 4 is 16.8 Å². The lowest BCUT2D eigenvalue weighted by Gasteiger charge is -2.38. The summed E-state index contributed by atoms with van der Waals surface area (Å²) < 4.78 is 18.4. The quantitative estimate of drug-likeness (QED) is 0.453. The van der Waals surface area contributed by atoms with Crippen molar-refractivity contribution in [3.8, 4) is 28.6 Å². The fourth-order valence-corrected chi connectivity index (χ4v) is 3.94. The highest BCUT2D eigenvalue weighted by molar-refractivity contribution is 5.94. The molecule has 1 fully saturated rings. The summed E-state index contributed by atoms with van der Waals surface area (Å²) in [5.74, 6) is 1.82. The molecular formula is C25H24N4O4. The second kappa shape index (κ2) is 8.46. The van der Waals surface area contributed by atoms with Crippen molar-refractivity contribution in [1.82, 2.24) is 19.7 Å². The van der Waals surface area contributed by atoms with Crippen LogP contribution in [0.1, 0.15) is 10.5 Å². The summed E-state index contributed by atoms with van der Waals surface area (Å²) in [6, 6.07) is 19.0. The number of nitrogens with zero attached hydrogens (tertiary/aromatic N) is 4. The van der Waals surface area contributed by atoms with Crippen LogP contribution in [0.15, 0.2) is 60.7 Å². The molecule has 0 bridgehead atoms. The molecule has 33 heavy (non-hydrogen) atoms. The van der Waals surface area contributed by atoms with Gasteiger partial charge in [-0.1, -0.05) is 18.2 Å². The number of aromatic nitrogens is 3. The molecule has 2 aromatic carbocycles. The Morgan fingerprint density at radius 1 is 1.00 bits per heavy atom. The Balaban J connectivity index is 1.28. The van der Waals surface area contributed by atoms with Crippen LogP contribution in [0, 0.1) is 0 Å². The summed E-state index contributed by atoms with van der Waals surface area (Å²) in [6.07, 6.45) is -0.0891. The van der Waals surface area contributed by atoms with E-state index in [1.165, 1.54) is 0 Å². The van der Waals surface area contributed by atoms with Gasteiger partial charge in [-0.25, -0.2) is 4.98 Å². The van der Waals surface area contributed by atoms with Crippen molar-refractivity contribution in [3.05, 3.63) is 66.4 Å². The number of pyridine rings is 1. The SMILES string of the molecule is COc1ccc(OC)c(-c2cc(C(=O)N3CC(Oc4ccc5ccccc5n4)C3)n(C)n2)c1. The van der Waals surface area contributed by atoms with Gasteiger partial charge < -0.3 is 19.1 Å². The first-order valence-electron chi connectivity index (χ1n) is 10.6. The highest BCUT2D eigenvalue weighted by Crippen LogP contribution is 2.33. The van der Waals surface area contributed by atoms with E-state index in [0.717, 1.165) is 16.5 Å². The lowest BCUT2D eigenvalue weighted by molar-refractivity contribution is 0.0153. The van der Waals surface area contributed by atoms with E-state index in [1.807, 2.05) is 54.6 Å². The van der Waals surface area contributed by atoms with Crippen molar-refractivity contribution in [2.75, 3.05) is 27.3 Å². The maximum Gasteiger partial charge on any atom is 0.272 e. The number of ether oxygens (including phenoxy) is 3. The van der Waals surface area contributed by atoms with Crippen molar-refractivity contribution in [3.63, 3.8) is 0 Å². The van der Waals surface area contributed by atoms with Crippen molar-refractivity contribution < 1.29 is 19.0 Å². The lowest BCUT2D eigenvalue weighted by atomic mass is 10.1. The van der Waals surface area contributed by atoms with Gasteiger partial charge in [0.15, 0.2) is 0 Å². The second-order valence-electron chi connectivity index (χ2n) is 7.90. The molecule has 168 valence electrons. The van der Waals surface area contributed by atoms with Gasteiger partial charge in [0, 0.05) is 24.1 Å². The molecule has 3 heterocycles. The smallest absolute Gasteiger partial charge is 0.272 e. The average molecular weight is 444 g/mol. The number of hydrogen-bond donors (Lipinski definition) is 0. The zero-order valence-electron chi connectivity index (χ0n) is 18.7. The maximum absolute atomic E-state index is 13.1. The molecular weight excluding hydrogens is 420 g/mol. The number of carbonyl (C=O) groups is 1. The Morgan fingerprint density at radius 3 is 2.61 bits per heavy atom. The number of rotatable bonds is 6. The minimum Gasteiger partial charge on any atom is -0.497 e. The fourth-order valence-electron chi connectivity index (χ4n) is 3.94. The first-order valence-corrected chi connectivity index (χ1v) is 10.6. The van der Waals surface area contributed by atoms with Gasteiger partial charge >= 0.3 is 0 Å². The molecule has 0 unspecified atom stereocenters. The van der Waals surface area contributed by atoms with Crippen molar-refractivity contribution in [2.24, 2.45) is 7.05 Å². The summed E-state index contributed by atoms with van der Waals surface area (Å²) in [6.45, 7) is 0.993. The summed E-state index contributed by atoms with van der Waals surface area (Å²) in [7, 11) is 4.97. The third-order valence-electron chi connectivity index (χ3n) is 5.78. The van der Waals surface area contributed by atoms with Gasteiger partial charge in [-0.3, -0.25) is 9.48 Å². The summed E-state index contributed by atoms with van der Waals surface area (Å²) in [4.78, 5) is 19.4. The Kier molecular flexibility index (Phi) is 5.34. The van der Waals surface area contributed by atoms with E-state index in [1.54, 1.807) is 36.9 Å². The molecule has 0 spiro atoms. The number of para-hydroxylation sites is 1. The molecule has 5 rings (SSSR count). The number of amides is 1. The predicted octanol–water partition coefficient (Wildman–Crippen LogP) is 3.56. The first-order chi connectivity index (χ1) is 16.1. The van der Waals surface area contributed by atoms with Crippen LogP contribution < -0.4 is 14.2 Å². The van der Waals surface area contributed by atoms with Gasteiger partial charge in [0.05, 0.1) is 38.5 Å². The molecule has 1 aliphatic heterocycles. The van der Waals surface area contributed by atoms with Gasteiger partial charge in [-0.2, -0.15) is 5.10 Å². The lowest BCUT2D eigenvalue weighted by Crippen LogP contribution is -2.56. The standard InChI is InChI=1S/C25H24N4O4/c1-28-22(13-21(27-28)19-12-17(31-2)9-10-23(19)32-3)25(30)29-14-18(15-29)33-24-11-8-16-6-4-5-7-20(16)26-24/h4-13,18H,14-15H2,1-3H3. The van der Waals surface area contributed by atoms with Crippen molar-refractivity contribution in [1.29, 1.82) is 0 Å². The van der Waals surface area contributed by atoms with E-state index in [9.17, 15) is 4.79 Å². The van der Waals surface area contributed by atoms with Gasteiger partial charge in [0.1, 0.15) is 23.3 Å². The summed E-state index contributed by atoms with van der Waals surface area (Å²) in [5.41, 5.74) is 2.79. The molecule has 8 nitrogen and oxygen atoms in total. The predicted molar refractivity (Wildman–Crippen MR) is 124 cm³/mol. The number of hydrogen-bond acceptors (Lipinski definition) is 6. The Hall–Kier alpha value is -4.07. The highest BCUT2D eigenvalue weighted by atomic mass is 16.5. The monoisotopic (exact) mass is 444 g/mol. The van der Waals surface area contributed by atoms with E-state index in [-0.39, 0.29) is 12.0 Å². The average Bonchev–Trinajstić information content (AvgIpc) is 3.21. The largest absolute Gasteiger partial charge is 0.497 e. The minimum absolute atomic E-state index is 0.0891. The van der Waals surface area contributed by atoms with Crippen molar-refractivity contribution in [2.45, 2.75) is 6.10 Å². The zero-order valence-corrected chi connectivity index (χ0v) is 18.7. The summed E-state index contributed by atoms with van der Waals surface area (Å²) >= 11 is 0. The maximum atomic E-state index is 13.1. The van der Waals surface area contributed by atoms with E-state index in [4.69, 9.17) is 14.2 Å². The molecule has 1 aliphatic rings. The van der Waals surface area contributed by atoms with Gasteiger partial charge in [0.2, 0.25) is 5.88 Å². The molecule has 0 N–H and O–H groups in total. The third kappa shape index (κ3) is 3.95. The highest BCUT2D eigenvalue weighted by Gasteiger charge is 2.34. The van der Waals surface area contributed by atoms with Crippen LogP contribution in [-0.2, 0) is 7.05 Å². The number of methoxy groups -OCH3 is 2.